The Morgan fingerprint density at radius 3 is 2.72 bits per heavy atom. The highest BCUT2D eigenvalue weighted by Gasteiger charge is 2.27. The van der Waals surface area contributed by atoms with Crippen molar-refractivity contribution in [3.8, 4) is 35.0 Å². The number of aromatic hydroxyl groups is 1. The van der Waals surface area contributed by atoms with Crippen LogP contribution >= 0.6 is 23.5 Å². The molecule has 2 aromatic rings. The van der Waals surface area contributed by atoms with Gasteiger partial charge in [-0.1, -0.05) is 17.5 Å². The van der Waals surface area contributed by atoms with E-state index in [1.807, 2.05) is 0 Å². The highest BCUT2D eigenvalue weighted by Crippen LogP contribution is 2.44. The lowest BCUT2D eigenvalue weighted by Gasteiger charge is -2.18. The summed E-state index contributed by atoms with van der Waals surface area (Å²) in [5.41, 5.74) is 4.21. The SMILES string of the molecule is [B]COc1c(Cl)ccc(F)c1-c1c(O)c(SN)c(N)n(CC#C)c1=O. The van der Waals surface area contributed by atoms with E-state index in [4.69, 9.17) is 41.5 Å². The molecule has 0 saturated carbocycles. The lowest BCUT2D eigenvalue weighted by molar-refractivity contribution is 0.386. The van der Waals surface area contributed by atoms with Gasteiger partial charge in [0.05, 0.1) is 22.7 Å². The van der Waals surface area contributed by atoms with Crippen LogP contribution in [0.2, 0.25) is 5.02 Å². The number of nitrogens with two attached hydrogens (primary N) is 2. The maximum absolute atomic E-state index is 14.5. The van der Waals surface area contributed by atoms with Gasteiger partial charge in [-0.3, -0.25) is 14.5 Å². The summed E-state index contributed by atoms with van der Waals surface area (Å²) >= 11 is 6.60. The molecule has 1 aromatic carbocycles. The number of hydrogen-bond acceptors (Lipinski definition) is 6. The monoisotopic (exact) mass is 379 g/mol. The summed E-state index contributed by atoms with van der Waals surface area (Å²) in [5.74, 6) is 0.468. The zero-order chi connectivity index (χ0) is 18.7. The fourth-order valence-corrected chi connectivity index (χ4v) is 2.94. The van der Waals surface area contributed by atoms with Crippen LogP contribution in [-0.4, -0.2) is 24.0 Å². The molecule has 25 heavy (non-hydrogen) atoms. The first-order valence-electron chi connectivity index (χ1n) is 6.75. The van der Waals surface area contributed by atoms with E-state index in [9.17, 15) is 14.3 Å². The van der Waals surface area contributed by atoms with Gasteiger partial charge in [0.15, 0.2) is 0 Å². The largest absolute Gasteiger partial charge is 0.506 e. The Morgan fingerprint density at radius 1 is 1.48 bits per heavy atom. The second kappa shape index (κ2) is 7.74. The Kier molecular flexibility index (Phi) is 5.90. The van der Waals surface area contributed by atoms with Gasteiger partial charge >= 0.3 is 0 Å². The van der Waals surface area contributed by atoms with Crippen molar-refractivity contribution in [3.05, 3.63) is 33.3 Å². The van der Waals surface area contributed by atoms with Gasteiger partial charge in [0.2, 0.25) is 0 Å². The molecule has 0 unspecified atom stereocenters. The van der Waals surface area contributed by atoms with Crippen LogP contribution in [0.5, 0.6) is 11.5 Å². The Labute approximate surface area is 153 Å². The number of benzene rings is 1. The normalized spacial score (nSPS) is 10.5. The van der Waals surface area contributed by atoms with Crippen molar-refractivity contribution in [3.63, 3.8) is 0 Å². The van der Waals surface area contributed by atoms with E-state index in [1.165, 1.54) is 6.07 Å². The lowest BCUT2D eigenvalue weighted by atomic mass is 10.0. The quantitative estimate of drug-likeness (QED) is 0.415. The van der Waals surface area contributed by atoms with E-state index in [0.29, 0.717) is 11.9 Å². The van der Waals surface area contributed by atoms with Gasteiger partial charge < -0.3 is 15.6 Å². The number of aromatic nitrogens is 1. The number of ether oxygens (including phenoxy) is 1. The van der Waals surface area contributed by atoms with Crippen LogP contribution in [0.15, 0.2) is 21.8 Å². The van der Waals surface area contributed by atoms with Crippen molar-refractivity contribution in [1.29, 1.82) is 0 Å². The maximum Gasteiger partial charge on any atom is 0.264 e. The Morgan fingerprint density at radius 2 is 2.16 bits per heavy atom. The molecule has 128 valence electrons. The van der Waals surface area contributed by atoms with E-state index < -0.39 is 22.7 Å². The summed E-state index contributed by atoms with van der Waals surface area (Å²) < 4.78 is 20.6. The minimum absolute atomic E-state index is 0.00271. The molecule has 0 aliphatic heterocycles. The first-order valence-corrected chi connectivity index (χ1v) is 8.01. The third kappa shape index (κ3) is 3.29. The highest BCUT2D eigenvalue weighted by molar-refractivity contribution is 7.97. The zero-order valence-corrected chi connectivity index (χ0v) is 14.3. The Balaban J connectivity index is 2.99. The Hall–Kier alpha value is -2.28. The summed E-state index contributed by atoms with van der Waals surface area (Å²) in [6.07, 6.45) is 5.25. The third-order valence-corrected chi connectivity index (χ3v) is 4.27. The van der Waals surface area contributed by atoms with E-state index in [-0.39, 0.29) is 40.1 Å². The maximum atomic E-state index is 14.5. The molecule has 0 spiro atoms. The molecule has 2 radical (unpaired) electrons. The van der Waals surface area contributed by atoms with Gasteiger partial charge in [0.1, 0.15) is 35.9 Å². The summed E-state index contributed by atoms with van der Waals surface area (Å²) in [4.78, 5) is 12.7. The number of anilines is 1. The highest BCUT2D eigenvalue weighted by atomic mass is 35.5. The predicted molar refractivity (Wildman–Crippen MR) is 97.3 cm³/mol. The summed E-state index contributed by atoms with van der Waals surface area (Å²) in [6, 6.07) is 2.26. The number of terminal acetylenes is 1. The topological polar surface area (TPSA) is 104 Å². The van der Waals surface area contributed by atoms with Gasteiger partial charge in [-0.05, 0) is 24.1 Å². The lowest BCUT2D eigenvalue weighted by Crippen LogP contribution is -2.25. The minimum Gasteiger partial charge on any atom is -0.506 e. The van der Waals surface area contributed by atoms with Crippen molar-refractivity contribution in [1.82, 2.24) is 4.57 Å². The van der Waals surface area contributed by atoms with Crippen LogP contribution < -0.4 is 21.2 Å². The molecule has 0 amide bonds. The second-order valence-electron chi connectivity index (χ2n) is 4.70. The summed E-state index contributed by atoms with van der Waals surface area (Å²) in [6.45, 7) is -0.538. The fourth-order valence-electron chi connectivity index (χ4n) is 2.28. The van der Waals surface area contributed by atoms with Crippen LogP contribution in [-0.2, 0) is 6.54 Å². The number of nitrogen functional groups attached to an aromatic ring is 1. The number of nitrogens with zero attached hydrogens (tertiary/aromatic N) is 1. The van der Waals surface area contributed by atoms with Gasteiger partial charge in [-0.25, -0.2) is 4.39 Å². The van der Waals surface area contributed by atoms with E-state index in [2.05, 4.69) is 5.92 Å². The van der Waals surface area contributed by atoms with E-state index >= 15 is 0 Å². The number of halogens is 2. The van der Waals surface area contributed by atoms with Crippen molar-refractivity contribution in [2.75, 3.05) is 12.2 Å². The average Bonchev–Trinajstić information content (AvgIpc) is 2.58. The molecule has 0 atom stereocenters. The molecular formula is C15H12BClFN3O3S. The van der Waals surface area contributed by atoms with Crippen molar-refractivity contribution < 1.29 is 14.2 Å². The third-order valence-electron chi connectivity index (χ3n) is 3.34. The molecule has 10 heteroatoms. The van der Waals surface area contributed by atoms with Crippen molar-refractivity contribution in [2.24, 2.45) is 5.14 Å². The standard InChI is InChI=1S/C15H12BClFN3O3S/c1-2-5-21-14(19)13(25-20)11(22)10(15(21)23)9-8(18)4-3-7(17)12(9)24-6-16/h1,3-4,22H,5-6,19-20H2. The predicted octanol–water partition coefficient (Wildman–Crippen LogP) is 1.70. The molecule has 0 aliphatic rings. The second-order valence-corrected chi connectivity index (χ2v) is 5.75. The molecule has 6 nitrogen and oxygen atoms in total. The summed E-state index contributed by atoms with van der Waals surface area (Å²) in [5, 5.41) is 16.0. The zero-order valence-electron chi connectivity index (χ0n) is 12.8. The Bertz CT molecular complexity index is 930. The average molecular weight is 380 g/mol. The fraction of sp³-hybridized carbons (Fsp3) is 0.133. The van der Waals surface area contributed by atoms with Crippen molar-refractivity contribution in [2.45, 2.75) is 11.4 Å². The molecule has 0 bridgehead atoms. The molecule has 0 fully saturated rings. The van der Waals surface area contributed by atoms with Crippen molar-refractivity contribution >= 4 is 37.2 Å². The van der Waals surface area contributed by atoms with E-state index in [1.54, 1.807) is 0 Å². The van der Waals surface area contributed by atoms with E-state index in [0.717, 1.165) is 10.6 Å². The van der Waals surface area contributed by atoms with Gasteiger partial charge in [0.25, 0.3) is 5.56 Å². The van der Waals surface area contributed by atoms with Crippen LogP contribution in [0.4, 0.5) is 10.2 Å². The molecule has 1 aromatic heterocycles. The molecule has 0 saturated heterocycles. The number of rotatable bonds is 5. The molecule has 5 N–H and O–H groups in total. The van der Waals surface area contributed by atoms with Crippen LogP contribution in [0, 0.1) is 18.2 Å². The minimum atomic E-state index is -0.856. The molecule has 1 heterocycles. The number of pyridine rings is 1. The first-order chi connectivity index (χ1) is 11.9. The first kappa shape index (κ1) is 19.1. The van der Waals surface area contributed by atoms with Gasteiger partial charge in [0, 0.05) is 6.51 Å². The smallest absolute Gasteiger partial charge is 0.264 e. The van der Waals surface area contributed by atoms with Crippen LogP contribution in [0.3, 0.4) is 0 Å². The van der Waals surface area contributed by atoms with Gasteiger partial charge in [-0.15, -0.1) is 6.42 Å². The molecular weight excluding hydrogens is 368 g/mol. The molecule has 0 aliphatic carbocycles. The van der Waals surface area contributed by atoms with Crippen LogP contribution in [0.25, 0.3) is 11.1 Å². The number of hydrogen-bond donors (Lipinski definition) is 3. The summed E-state index contributed by atoms with van der Waals surface area (Å²) in [7, 11) is 5.34. The molecule has 2 rings (SSSR count). The van der Waals surface area contributed by atoms with Gasteiger partial charge in [-0.2, -0.15) is 0 Å². The van der Waals surface area contributed by atoms with Crippen LogP contribution in [0.1, 0.15) is 0 Å².